The van der Waals surface area contributed by atoms with E-state index in [-0.39, 0.29) is 22.5 Å². The Morgan fingerprint density at radius 3 is 2.54 bits per heavy atom. The van der Waals surface area contributed by atoms with Crippen molar-refractivity contribution in [2.24, 2.45) is 5.73 Å². The number of aromatic amines is 1. The molecule has 1 amide bonds. The van der Waals surface area contributed by atoms with Crippen molar-refractivity contribution in [3.63, 3.8) is 0 Å². The van der Waals surface area contributed by atoms with Gasteiger partial charge in [0.05, 0.1) is 17.3 Å². The smallest absolute Gasteiger partial charge is 0.419 e. The number of hydrogen-bond acceptors (Lipinski definition) is 9. The fraction of sp³-hybridized carbons (Fsp3) is 0.0500. The predicted octanol–water partition coefficient (Wildman–Crippen LogP) is 3.62. The van der Waals surface area contributed by atoms with Gasteiger partial charge in [-0.15, -0.1) is 0 Å². The first-order chi connectivity index (χ1) is 16.5. The number of nitrogens with two attached hydrogens (primary N) is 1. The summed E-state index contributed by atoms with van der Waals surface area (Å²) in [6, 6.07) is 8.05. The van der Waals surface area contributed by atoms with Crippen LogP contribution in [0, 0.1) is 0 Å². The van der Waals surface area contributed by atoms with Gasteiger partial charge in [0.2, 0.25) is 5.95 Å². The molecule has 0 radical (unpaired) electrons. The minimum absolute atomic E-state index is 0.0466. The van der Waals surface area contributed by atoms with Crippen molar-refractivity contribution in [3.05, 3.63) is 63.7 Å². The quantitative estimate of drug-likeness (QED) is 0.225. The Hall–Kier alpha value is -4.59. The number of nitrogens with zero attached hydrogens (tertiary/aromatic N) is 2. The normalized spacial score (nSPS) is 11.3. The minimum Gasteiger partial charge on any atom is -0.419 e. The molecule has 0 fully saturated rings. The monoisotopic (exact) mass is 508 g/mol. The number of ether oxygens (including phenoxy) is 1. The molecular formula is C20H12ClF3N6O5. The standard InChI is InChI=1S/C20H12ClF3N6O5/c21-11-7-26-18(30-16(11)27-8-2-4-13-12(5-8)29-19(33)35-13)28-9-1-3-10(15(25)31)14(6-9)34-17(32)20(22,23)24/h1-7H,(H2,25,31)(H,29,33)(H2,26,27,28,30). The van der Waals surface area contributed by atoms with Crippen LogP contribution in [-0.2, 0) is 4.79 Å². The number of alkyl halides is 3. The Balaban J connectivity index is 1.59. The summed E-state index contributed by atoms with van der Waals surface area (Å²) in [5.41, 5.74) is 6.04. The maximum absolute atomic E-state index is 12.6. The molecule has 11 nitrogen and oxygen atoms in total. The molecule has 2 aromatic heterocycles. The van der Waals surface area contributed by atoms with Gasteiger partial charge in [0.15, 0.2) is 11.4 Å². The number of primary amides is 1. The summed E-state index contributed by atoms with van der Waals surface area (Å²) in [5, 5.41) is 5.76. The summed E-state index contributed by atoms with van der Waals surface area (Å²) in [6.45, 7) is 0. The summed E-state index contributed by atoms with van der Waals surface area (Å²) in [4.78, 5) is 44.7. The Labute approximate surface area is 197 Å². The molecule has 4 rings (SSSR count). The molecular weight excluding hydrogens is 497 g/mol. The summed E-state index contributed by atoms with van der Waals surface area (Å²) in [6.07, 6.45) is -4.04. The Morgan fingerprint density at radius 2 is 1.83 bits per heavy atom. The summed E-state index contributed by atoms with van der Waals surface area (Å²) < 4.78 is 47.0. The molecule has 0 spiro atoms. The molecule has 180 valence electrons. The van der Waals surface area contributed by atoms with E-state index in [0.717, 1.165) is 12.1 Å². The molecule has 0 aliphatic carbocycles. The van der Waals surface area contributed by atoms with Gasteiger partial charge in [0.25, 0.3) is 5.91 Å². The number of nitrogens with one attached hydrogen (secondary N) is 3. The van der Waals surface area contributed by atoms with E-state index in [0.29, 0.717) is 16.8 Å². The summed E-state index contributed by atoms with van der Waals surface area (Å²) >= 11 is 6.15. The lowest BCUT2D eigenvalue weighted by molar-refractivity contribution is -0.189. The van der Waals surface area contributed by atoms with Crippen LogP contribution >= 0.6 is 11.6 Å². The number of halogens is 4. The van der Waals surface area contributed by atoms with E-state index >= 15 is 0 Å². The van der Waals surface area contributed by atoms with Crippen LogP contribution in [-0.4, -0.2) is 33.0 Å². The van der Waals surface area contributed by atoms with Gasteiger partial charge in [0, 0.05) is 17.4 Å². The van der Waals surface area contributed by atoms with E-state index in [2.05, 4.69) is 30.3 Å². The van der Waals surface area contributed by atoms with E-state index in [1.807, 2.05) is 0 Å². The average Bonchev–Trinajstić information content (AvgIpc) is 3.14. The number of amides is 1. The maximum Gasteiger partial charge on any atom is 0.491 e. The van der Waals surface area contributed by atoms with E-state index in [4.69, 9.17) is 21.8 Å². The first-order valence-corrected chi connectivity index (χ1v) is 9.80. The number of fused-ring (bicyclic) bond motifs is 1. The Bertz CT molecular complexity index is 1520. The SMILES string of the molecule is NC(=O)c1ccc(Nc2ncc(Cl)c(Nc3ccc4oc(=O)[nH]c4c3)n2)cc1OC(=O)C(F)(F)F. The third-order valence-electron chi connectivity index (χ3n) is 4.36. The number of hydrogen-bond donors (Lipinski definition) is 4. The predicted molar refractivity (Wildman–Crippen MR) is 117 cm³/mol. The van der Waals surface area contributed by atoms with E-state index in [9.17, 15) is 27.6 Å². The zero-order valence-electron chi connectivity index (χ0n) is 17.1. The van der Waals surface area contributed by atoms with Crippen molar-refractivity contribution in [2.75, 3.05) is 10.6 Å². The Kier molecular flexibility index (Phi) is 6.05. The molecule has 0 aliphatic heterocycles. The van der Waals surface area contributed by atoms with Crippen molar-refractivity contribution < 1.29 is 31.9 Å². The number of H-pyrrole nitrogens is 1. The first kappa shape index (κ1) is 23.6. The number of anilines is 4. The highest BCUT2D eigenvalue weighted by atomic mass is 35.5. The molecule has 2 heterocycles. The molecule has 0 saturated heterocycles. The van der Waals surface area contributed by atoms with Crippen molar-refractivity contribution >= 4 is 57.7 Å². The number of benzene rings is 2. The van der Waals surface area contributed by atoms with Gasteiger partial charge < -0.3 is 25.5 Å². The second kappa shape index (κ2) is 8.98. The van der Waals surface area contributed by atoms with Crippen molar-refractivity contribution in [1.29, 1.82) is 0 Å². The van der Waals surface area contributed by atoms with E-state index < -0.39 is 35.1 Å². The molecule has 0 bridgehead atoms. The number of esters is 1. The largest absolute Gasteiger partial charge is 0.491 e. The van der Waals surface area contributed by atoms with Gasteiger partial charge >= 0.3 is 17.9 Å². The average molecular weight is 509 g/mol. The minimum atomic E-state index is -5.29. The summed E-state index contributed by atoms with van der Waals surface area (Å²) in [5.74, 6) is -4.86. The molecule has 0 saturated carbocycles. The van der Waals surface area contributed by atoms with Crippen LogP contribution in [0.4, 0.5) is 36.3 Å². The highest BCUT2D eigenvalue weighted by Crippen LogP contribution is 2.29. The zero-order chi connectivity index (χ0) is 25.3. The Morgan fingerprint density at radius 1 is 1.11 bits per heavy atom. The molecule has 0 unspecified atom stereocenters. The van der Waals surface area contributed by atoms with Crippen molar-refractivity contribution in [2.45, 2.75) is 6.18 Å². The van der Waals surface area contributed by atoms with E-state index in [1.54, 1.807) is 18.2 Å². The summed E-state index contributed by atoms with van der Waals surface area (Å²) in [7, 11) is 0. The van der Waals surface area contributed by atoms with Crippen LogP contribution in [0.5, 0.6) is 5.75 Å². The molecule has 0 atom stereocenters. The highest BCUT2D eigenvalue weighted by Gasteiger charge is 2.41. The zero-order valence-corrected chi connectivity index (χ0v) is 17.8. The fourth-order valence-corrected chi connectivity index (χ4v) is 2.99. The van der Waals surface area contributed by atoms with Crippen LogP contribution in [0.1, 0.15) is 10.4 Å². The number of aromatic nitrogens is 3. The van der Waals surface area contributed by atoms with Crippen LogP contribution in [0.3, 0.4) is 0 Å². The van der Waals surface area contributed by atoms with Gasteiger partial charge in [-0.1, -0.05) is 11.6 Å². The van der Waals surface area contributed by atoms with Gasteiger partial charge in [-0.2, -0.15) is 18.2 Å². The highest BCUT2D eigenvalue weighted by molar-refractivity contribution is 6.32. The molecule has 4 aromatic rings. The topological polar surface area (TPSA) is 165 Å². The third kappa shape index (κ3) is 5.33. The lowest BCUT2D eigenvalue weighted by Gasteiger charge is -2.13. The molecule has 0 aliphatic rings. The molecule has 2 aromatic carbocycles. The number of carbonyl (C=O) groups is 2. The third-order valence-corrected chi connectivity index (χ3v) is 4.64. The number of rotatable bonds is 6. The van der Waals surface area contributed by atoms with Gasteiger partial charge in [-0.3, -0.25) is 9.78 Å². The fourth-order valence-electron chi connectivity index (χ4n) is 2.86. The molecule has 35 heavy (non-hydrogen) atoms. The van der Waals surface area contributed by atoms with Gasteiger partial charge in [-0.25, -0.2) is 14.6 Å². The molecule has 15 heteroatoms. The maximum atomic E-state index is 12.6. The van der Waals surface area contributed by atoms with Crippen LogP contribution in [0.15, 0.2) is 51.8 Å². The number of carbonyl (C=O) groups excluding carboxylic acids is 2. The molecule has 5 N–H and O–H groups in total. The van der Waals surface area contributed by atoms with Crippen LogP contribution < -0.4 is 26.9 Å². The second-order valence-corrected chi connectivity index (χ2v) is 7.24. The van der Waals surface area contributed by atoms with Crippen molar-refractivity contribution in [3.8, 4) is 5.75 Å². The van der Waals surface area contributed by atoms with Gasteiger partial charge in [0.1, 0.15) is 10.8 Å². The first-order valence-electron chi connectivity index (χ1n) is 9.42. The second-order valence-electron chi connectivity index (χ2n) is 6.83. The van der Waals surface area contributed by atoms with Gasteiger partial charge in [-0.05, 0) is 30.3 Å². The van der Waals surface area contributed by atoms with E-state index in [1.165, 1.54) is 12.3 Å². The lowest BCUT2D eigenvalue weighted by Crippen LogP contribution is -2.29. The van der Waals surface area contributed by atoms with Crippen molar-refractivity contribution in [1.82, 2.24) is 15.0 Å². The lowest BCUT2D eigenvalue weighted by atomic mass is 10.1. The van der Waals surface area contributed by atoms with Crippen LogP contribution in [0.2, 0.25) is 5.02 Å². The number of oxazole rings is 1. The van der Waals surface area contributed by atoms with Crippen LogP contribution in [0.25, 0.3) is 11.1 Å².